The van der Waals surface area contributed by atoms with E-state index in [9.17, 15) is 14.7 Å². The number of hydrogen-bond donors (Lipinski definition) is 2. The van der Waals surface area contributed by atoms with Gasteiger partial charge in [-0.25, -0.2) is 4.79 Å². The first-order valence-corrected chi connectivity index (χ1v) is 7.85. The number of carbonyl (C=O) groups is 2. The predicted molar refractivity (Wildman–Crippen MR) is 78.1 cm³/mol. The minimum Gasteiger partial charge on any atom is -0.481 e. The molecule has 0 radical (unpaired) electrons. The van der Waals surface area contributed by atoms with E-state index in [1.54, 1.807) is 12.0 Å². The normalized spacial score (nSPS) is 27.7. The topological polar surface area (TPSA) is 78.9 Å². The van der Waals surface area contributed by atoms with E-state index in [-0.39, 0.29) is 11.9 Å². The molecule has 0 aromatic rings. The zero-order valence-electron chi connectivity index (χ0n) is 12.8. The molecule has 0 bridgehead atoms. The summed E-state index contributed by atoms with van der Waals surface area (Å²) < 4.78 is 4.98. The maximum absolute atomic E-state index is 12.1. The van der Waals surface area contributed by atoms with Crippen molar-refractivity contribution in [3.05, 3.63) is 0 Å². The molecule has 21 heavy (non-hydrogen) atoms. The Labute approximate surface area is 125 Å². The van der Waals surface area contributed by atoms with Crippen LogP contribution in [0.15, 0.2) is 0 Å². The molecule has 2 aliphatic rings. The van der Waals surface area contributed by atoms with E-state index in [0.29, 0.717) is 26.1 Å². The molecule has 0 aromatic heterocycles. The first-order valence-electron chi connectivity index (χ1n) is 7.85. The Morgan fingerprint density at radius 2 is 2.19 bits per heavy atom. The lowest BCUT2D eigenvalue weighted by Gasteiger charge is -2.23. The fraction of sp³-hybridized carbons (Fsp3) is 0.867. The summed E-state index contributed by atoms with van der Waals surface area (Å²) in [4.78, 5) is 25.4. The molecule has 6 nitrogen and oxygen atoms in total. The van der Waals surface area contributed by atoms with Crippen LogP contribution in [0.2, 0.25) is 0 Å². The summed E-state index contributed by atoms with van der Waals surface area (Å²) in [5.41, 5.74) is -0.685. The molecule has 2 amide bonds. The predicted octanol–water partition coefficient (Wildman–Crippen LogP) is 1.70. The molecule has 120 valence electrons. The Morgan fingerprint density at radius 3 is 2.86 bits per heavy atom. The molecule has 0 aromatic carbocycles. The first kappa shape index (κ1) is 16.1. The molecular formula is C15H26N2O4. The van der Waals surface area contributed by atoms with Crippen molar-refractivity contribution in [2.24, 2.45) is 11.3 Å². The highest BCUT2D eigenvalue weighted by Crippen LogP contribution is 2.48. The molecule has 1 saturated carbocycles. The van der Waals surface area contributed by atoms with Gasteiger partial charge in [-0.2, -0.15) is 0 Å². The van der Waals surface area contributed by atoms with Crippen LogP contribution in [0.3, 0.4) is 0 Å². The number of nitrogens with one attached hydrogen (secondary N) is 1. The van der Waals surface area contributed by atoms with Crippen molar-refractivity contribution in [1.82, 2.24) is 10.2 Å². The Balaban J connectivity index is 1.74. The van der Waals surface area contributed by atoms with E-state index in [2.05, 4.69) is 5.32 Å². The molecule has 1 aliphatic carbocycles. The van der Waals surface area contributed by atoms with Gasteiger partial charge in [0.15, 0.2) is 0 Å². The molecule has 2 atom stereocenters. The van der Waals surface area contributed by atoms with Gasteiger partial charge in [-0.1, -0.05) is 6.42 Å². The highest BCUT2D eigenvalue weighted by molar-refractivity contribution is 5.80. The average molecular weight is 298 g/mol. The van der Waals surface area contributed by atoms with Gasteiger partial charge in [0.05, 0.1) is 5.41 Å². The third-order valence-electron chi connectivity index (χ3n) is 4.89. The van der Waals surface area contributed by atoms with E-state index >= 15 is 0 Å². The van der Waals surface area contributed by atoms with Crippen LogP contribution in [0.4, 0.5) is 4.79 Å². The number of methoxy groups -OCH3 is 1. The first-order chi connectivity index (χ1) is 10.1. The summed E-state index contributed by atoms with van der Waals surface area (Å²) in [6.07, 6.45) is 5.54. The van der Waals surface area contributed by atoms with E-state index in [4.69, 9.17) is 4.74 Å². The molecule has 0 unspecified atom stereocenters. The van der Waals surface area contributed by atoms with E-state index in [1.807, 2.05) is 0 Å². The number of aliphatic carboxylic acids is 1. The third-order valence-corrected chi connectivity index (χ3v) is 4.89. The zero-order valence-corrected chi connectivity index (χ0v) is 12.8. The number of ether oxygens (including phenoxy) is 1. The number of carboxylic acids is 1. The van der Waals surface area contributed by atoms with Crippen LogP contribution in [-0.2, 0) is 9.53 Å². The molecule has 2 rings (SSSR count). The number of hydrogen-bond acceptors (Lipinski definition) is 3. The van der Waals surface area contributed by atoms with Gasteiger partial charge >= 0.3 is 12.0 Å². The van der Waals surface area contributed by atoms with Gasteiger partial charge in [0.2, 0.25) is 0 Å². The van der Waals surface area contributed by atoms with Gasteiger partial charge in [0, 0.05) is 33.4 Å². The summed E-state index contributed by atoms with van der Waals surface area (Å²) in [6, 6.07) is -0.114. The fourth-order valence-corrected chi connectivity index (χ4v) is 3.65. The summed E-state index contributed by atoms with van der Waals surface area (Å²) in [5, 5.41) is 12.4. The Morgan fingerprint density at radius 1 is 1.38 bits per heavy atom. The lowest BCUT2D eigenvalue weighted by atomic mass is 9.81. The van der Waals surface area contributed by atoms with E-state index < -0.39 is 11.4 Å². The second-order valence-corrected chi connectivity index (χ2v) is 6.22. The van der Waals surface area contributed by atoms with Gasteiger partial charge in [0.1, 0.15) is 0 Å². The number of rotatable bonds is 7. The van der Waals surface area contributed by atoms with E-state index in [1.165, 1.54) is 0 Å². The van der Waals surface area contributed by atoms with Crippen LogP contribution in [-0.4, -0.2) is 55.4 Å². The van der Waals surface area contributed by atoms with Crippen LogP contribution < -0.4 is 5.32 Å². The highest BCUT2D eigenvalue weighted by atomic mass is 16.5. The molecule has 1 aliphatic heterocycles. The average Bonchev–Trinajstić information content (AvgIpc) is 3.00. The van der Waals surface area contributed by atoms with Crippen molar-refractivity contribution in [2.45, 2.75) is 38.5 Å². The number of amides is 2. The smallest absolute Gasteiger partial charge is 0.317 e. The van der Waals surface area contributed by atoms with Crippen molar-refractivity contribution in [3.8, 4) is 0 Å². The minimum absolute atomic E-state index is 0.114. The lowest BCUT2D eigenvalue weighted by Crippen LogP contribution is -2.41. The van der Waals surface area contributed by atoms with Crippen LogP contribution in [0.25, 0.3) is 0 Å². The van der Waals surface area contributed by atoms with Gasteiger partial charge in [0.25, 0.3) is 0 Å². The lowest BCUT2D eigenvalue weighted by molar-refractivity contribution is -0.149. The Hall–Kier alpha value is -1.30. The maximum atomic E-state index is 12.1. The zero-order chi connectivity index (χ0) is 15.3. The van der Waals surface area contributed by atoms with Crippen molar-refractivity contribution in [2.75, 3.05) is 33.4 Å². The molecular weight excluding hydrogens is 272 g/mol. The second-order valence-electron chi connectivity index (χ2n) is 6.22. The number of likely N-dealkylation sites (tertiary alicyclic amines) is 1. The fourth-order valence-electron chi connectivity index (χ4n) is 3.65. The third kappa shape index (κ3) is 3.48. The van der Waals surface area contributed by atoms with Gasteiger partial charge in [-0.15, -0.1) is 0 Å². The number of carboxylic acid groups (broad SMARTS) is 1. The number of fused-ring (bicyclic) bond motifs is 1. The van der Waals surface area contributed by atoms with E-state index in [0.717, 1.165) is 38.7 Å². The van der Waals surface area contributed by atoms with Crippen LogP contribution >= 0.6 is 0 Å². The highest BCUT2D eigenvalue weighted by Gasteiger charge is 2.55. The van der Waals surface area contributed by atoms with Gasteiger partial charge in [-0.05, 0) is 38.0 Å². The Kier molecular flexibility index (Phi) is 5.45. The van der Waals surface area contributed by atoms with Crippen LogP contribution in [0, 0.1) is 11.3 Å². The van der Waals surface area contributed by atoms with Crippen molar-refractivity contribution in [1.29, 1.82) is 0 Å². The van der Waals surface area contributed by atoms with Crippen molar-refractivity contribution >= 4 is 12.0 Å². The molecule has 0 spiro atoms. The molecule has 1 heterocycles. The van der Waals surface area contributed by atoms with Crippen LogP contribution in [0.1, 0.15) is 38.5 Å². The number of urea groups is 1. The van der Waals surface area contributed by atoms with Crippen molar-refractivity contribution < 1.29 is 19.4 Å². The molecule has 2 N–H and O–H groups in total. The second kappa shape index (κ2) is 7.11. The summed E-state index contributed by atoms with van der Waals surface area (Å²) in [7, 11) is 1.68. The Bertz CT molecular complexity index is 388. The number of unbranched alkanes of at least 4 members (excludes halogenated alkanes) is 2. The minimum atomic E-state index is -0.736. The van der Waals surface area contributed by atoms with Crippen LogP contribution in [0.5, 0.6) is 0 Å². The number of nitrogens with zero attached hydrogens (tertiary/aromatic N) is 1. The van der Waals surface area contributed by atoms with Crippen molar-refractivity contribution in [3.63, 3.8) is 0 Å². The maximum Gasteiger partial charge on any atom is 0.317 e. The largest absolute Gasteiger partial charge is 0.481 e. The molecule has 6 heteroatoms. The summed E-state index contributed by atoms with van der Waals surface area (Å²) >= 11 is 0. The monoisotopic (exact) mass is 298 g/mol. The number of carbonyl (C=O) groups excluding carboxylic acids is 1. The SMILES string of the molecule is COCCCCCNC(=O)N1C[C@@H]2CCC[C@@]2(C(=O)O)C1. The summed E-state index contributed by atoms with van der Waals surface area (Å²) in [5.74, 6) is -0.609. The molecule has 1 saturated heterocycles. The van der Waals surface area contributed by atoms with Gasteiger partial charge in [-0.3, -0.25) is 4.79 Å². The quantitative estimate of drug-likeness (QED) is 0.701. The van der Waals surface area contributed by atoms with Gasteiger partial charge < -0.3 is 20.1 Å². The standard InChI is InChI=1S/C15H26N2O4/c1-21-9-4-2-3-8-16-14(20)17-10-12-6-5-7-15(12,11-17)13(18)19/h12H,2-11H2,1H3,(H,16,20)(H,18,19)/t12-,15+/m0/s1. The summed E-state index contributed by atoms with van der Waals surface area (Å²) in [6.45, 7) is 2.34. The molecule has 2 fully saturated rings.